The van der Waals surface area contributed by atoms with Crippen molar-refractivity contribution in [3.8, 4) is 0 Å². The number of amides is 2. The molecule has 0 fully saturated rings. The van der Waals surface area contributed by atoms with Crippen LogP contribution in [0, 0.1) is 12.7 Å². The van der Waals surface area contributed by atoms with E-state index < -0.39 is 42.2 Å². The summed E-state index contributed by atoms with van der Waals surface area (Å²) in [6.07, 6.45) is -5.81. The van der Waals surface area contributed by atoms with Crippen LogP contribution in [0.25, 0.3) is 0 Å². The van der Waals surface area contributed by atoms with Gasteiger partial charge in [0.25, 0.3) is 5.91 Å². The summed E-state index contributed by atoms with van der Waals surface area (Å²) in [6.45, 7) is 0.758. The highest BCUT2D eigenvalue weighted by Gasteiger charge is 2.32. The number of halogens is 5. The van der Waals surface area contributed by atoms with Gasteiger partial charge in [0.15, 0.2) is 0 Å². The maximum absolute atomic E-state index is 13.4. The predicted molar refractivity (Wildman–Crippen MR) is 102 cm³/mol. The highest BCUT2D eigenvalue weighted by molar-refractivity contribution is 6.31. The molecular weight excluding hydrogens is 432 g/mol. The van der Waals surface area contributed by atoms with Crippen LogP contribution in [0.1, 0.15) is 11.3 Å². The van der Waals surface area contributed by atoms with Gasteiger partial charge in [-0.15, -0.1) is 0 Å². The number of primary amides is 1. The number of nitrogens with one attached hydrogen (secondary N) is 1. The first-order chi connectivity index (χ1) is 13.9. The van der Waals surface area contributed by atoms with Gasteiger partial charge >= 0.3 is 12.3 Å². The van der Waals surface area contributed by atoms with Crippen molar-refractivity contribution < 1.29 is 31.9 Å². The molecular formula is C18H17ClF4N4O3. The largest absolute Gasteiger partial charge is 0.447 e. The number of hydrogen-bond acceptors (Lipinski definition) is 5. The number of nitrogens with zero attached hydrogens (tertiary/aromatic N) is 2. The highest BCUT2D eigenvalue weighted by Crippen LogP contribution is 2.31. The first-order valence-electron chi connectivity index (χ1n) is 8.35. The molecule has 0 aliphatic rings. The zero-order valence-corrected chi connectivity index (χ0v) is 16.5. The number of alkyl halides is 3. The van der Waals surface area contributed by atoms with E-state index >= 15 is 0 Å². The van der Waals surface area contributed by atoms with Crippen molar-refractivity contribution in [1.82, 2.24) is 4.98 Å². The molecule has 0 radical (unpaired) electrons. The second kappa shape index (κ2) is 9.16. The van der Waals surface area contributed by atoms with Crippen LogP contribution >= 0.6 is 11.6 Å². The number of nitrogens with two attached hydrogens (primary N) is 1. The molecule has 1 aromatic heterocycles. The van der Waals surface area contributed by atoms with Crippen LogP contribution < -0.4 is 16.0 Å². The van der Waals surface area contributed by atoms with Crippen molar-refractivity contribution >= 4 is 35.1 Å². The van der Waals surface area contributed by atoms with Gasteiger partial charge in [-0.1, -0.05) is 11.6 Å². The Hall–Kier alpha value is -3.08. The van der Waals surface area contributed by atoms with Gasteiger partial charge in [-0.05, 0) is 37.3 Å². The number of hydrogen-bond donors (Lipinski definition) is 2. The van der Waals surface area contributed by atoms with E-state index in [9.17, 15) is 27.2 Å². The molecule has 1 atom stereocenters. The van der Waals surface area contributed by atoms with Gasteiger partial charge in [-0.3, -0.25) is 4.79 Å². The molecule has 0 bridgehead atoms. The van der Waals surface area contributed by atoms with Crippen molar-refractivity contribution in [2.75, 3.05) is 23.9 Å². The third kappa shape index (κ3) is 5.96. The molecule has 0 aliphatic heterocycles. The number of anilines is 2. The SMILES string of the molecule is Cc1cc(C(F)(F)F)cc(NC(COC(N)=O)C(=O)N(C)c2ccc(F)c(Cl)c2)n1. The summed E-state index contributed by atoms with van der Waals surface area (Å²) >= 11 is 5.72. The first kappa shape index (κ1) is 23.2. The zero-order valence-electron chi connectivity index (χ0n) is 15.8. The smallest absolute Gasteiger partial charge is 0.416 e. The number of likely N-dealkylation sites (N-methyl/N-ethyl adjacent to an activating group) is 1. The van der Waals surface area contributed by atoms with Gasteiger partial charge in [-0.2, -0.15) is 13.2 Å². The summed E-state index contributed by atoms with van der Waals surface area (Å²) < 4.78 is 57.2. The van der Waals surface area contributed by atoms with Gasteiger partial charge < -0.3 is 20.7 Å². The van der Waals surface area contributed by atoms with Crippen LogP contribution in [0.3, 0.4) is 0 Å². The minimum atomic E-state index is -4.63. The second-order valence-electron chi connectivity index (χ2n) is 6.20. The lowest BCUT2D eigenvalue weighted by atomic mass is 10.2. The number of pyridine rings is 1. The summed E-state index contributed by atoms with van der Waals surface area (Å²) in [5.74, 6) is -1.69. The van der Waals surface area contributed by atoms with E-state index in [4.69, 9.17) is 17.3 Å². The fourth-order valence-electron chi connectivity index (χ4n) is 2.48. The number of benzene rings is 1. The lowest BCUT2D eigenvalue weighted by Gasteiger charge is -2.25. The number of carbonyl (C=O) groups excluding carboxylic acids is 2. The Bertz CT molecular complexity index is 956. The maximum Gasteiger partial charge on any atom is 0.416 e. The van der Waals surface area contributed by atoms with E-state index in [0.29, 0.717) is 6.07 Å². The normalized spacial score (nSPS) is 12.2. The van der Waals surface area contributed by atoms with Gasteiger partial charge in [-0.25, -0.2) is 14.2 Å². The van der Waals surface area contributed by atoms with Gasteiger partial charge in [0.2, 0.25) is 0 Å². The summed E-state index contributed by atoms with van der Waals surface area (Å²) in [4.78, 5) is 28.8. The molecule has 2 aromatic rings. The Morgan fingerprint density at radius 1 is 1.30 bits per heavy atom. The van der Waals surface area contributed by atoms with E-state index in [-0.39, 0.29) is 22.2 Å². The zero-order chi connectivity index (χ0) is 22.6. The van der Waals surface area contributed by atoms with Crippen LogP contribution in [-0.4, -0.2) is 36.7 Å². The molecule has 0 saturated carbocycles. The molecule has 7 nitrogen and oxygen atoms in total. The molecule has 162 valence electrons. The number of aromatic nitrogens is 1. The van der Waals surface area contributed by atoms with Gasteiger partial charge in [0.05, 0.1) is 10.6 Å². The third-order valence-corrected chi connectivity index (χ3v) is 4.20. The number of aryl methyl sites for hydroxylation is 1. The number of carbonyl (C=O) groups is 2. The van der Waals surface area contributed by atoms with Crippen LogP contribution in [-0.2, 0) is 15.7 Å². The molecule has 2 rings (SSSR count). The third-order valence-electron chi connectivity index (χ3n) is 3.91. The fourth-order valence-corrected chi connectivity index (χ4v) is 2.65. The summed E-state index contributed by atoms with van der Waals surface area (Å²) in [7, 11) is 1.33. The summed E-state index contributed by atoms with van der Waals surface area (Å²) in [5, 5.41) is 2.29. The van der Waals surface area contributed by atoms with E-state index in [0.717, 1.165) is 17.0 Å². The highest BCUT2D eigenvalue weighted by atomic mass is 35.5. The molecule has 0 spiro atoms. The van der Waals surface area contributed by atoms with E-state index in [2.05, 4.69) is 15.0 Å². The van der Waals surface area contributed by atoms with Crippen LogP contribution in [0.2, 0.25) is 5.02 Å². The van der Waals surface area contributed by atoms with Crippen molar-refractivity contribution in [2.24, 2.45) is 5.73 Å². The molecule has 12 heteroatoms. The first-order valence-corrected chi connectivity index (χ1v) is 8.73. The van der Waals surface area contributed by atoms with Crippen molar-refractivity contribution in [1.29, 1.82) is 0 Å². The standard InChI is InChI=1S/C18H17ClF4N4O3/c1-9-5-10(18(21,22)23)6-15(25-9)26-14(8-30-17(24)29)16(28)27(2)11-3-4-13(20)12(19)7-11/h3-7,14H,8H2,1-2H3,(H2,24,29)(H,25,26). The lowest BCUT2D eigenvalue weighted by Crippen LogP contribution is -2.44. The van der Waals surface area contributed by atoms with E-state index in [1.54, 1.807) is 0 Å². The minimum Gasteiger partial charge on any atom is -0.447 e. The van der Waals surface area contributed by atoms with Crippen LogP contribution in [0.15, 0.2) is 30.3 Å². The quantitative estimate of drug-likeness (QED) is 0.656. The Morgan fingerprint density at radius 3 is 2.53 bits per heavy atom. The maximum atomic E-state index is 13.4. The average molecular weight is 449 g/mol. The Kier molecular flexibility index (Phi) is 7.08. The Morgan fingerprint density at radius 2 is 1.97 bits per heavy atom. The van der Waals surface area contributed by atoms with Gasteiger partial charge in [0, 0.05) is 18.4 Å². The molecule has 1 unspecified atom stereocenters. The second-order valence-corrected chi connectivity index (χ2v) is 6.61. The topological polar surface area (TPSA) is 97.5 Å². The predicted octanol–water partition coefficient (Wildman–Crippen LogP) is 3.74. The Balaban J connectivity index is 2.33. The molecule has 3 N–H and O–H groups in total. The Labute approximate surface area is 173 Å². The van der Waals surface area contributed by atoms with Crippen molar-refractivity contribution in [2.45, 2.75) is 19.1 Å². The van der Waals surface area contributed by atoms with Gasteiger partial charge in [0.1, 0.15) is 24.3 Å². The molecule has 0 saturated heterocycles. The monoisotopic (exact) mass is 448 g/mol. The molecule has 2 amide bonds. The van der Waals surface area contributed by atoms with Crippen molar-refractivity contribution in [3.05, 3.63) is 52.4 Å². The number of rotatable bonds is 6. The lowest BCUT2D eigenvalue weighted by molar-refractivity contribution is -0.137. The molecule has 0 aliphatic carbocycles. The summed E-state index contributed by atoms with van der Waals surface area (Å²) in [5.41, 5.74) is 4.20. The van der Waals surface area contributed by atoms with Crippen LogP contribution in [0.4, 0.5) is 33.9 Å². The van der Waals surface area contributed by atoms with E-state index in [1.807, 2.05) is 0 Å². The van der Waals surface area contributed by atoms with Crippen molar-refractivity contribution in [3.63, 3.8) is 0 Å². The average Bonchev–Trinajstić information content (AvgIpc) is 2.65. The van der Waals surface area contributed by atoms with E-state index in [1.165, 1.54) is 26.1 Å². The van der Waals surface area contributed by atoms with Crippen LogP contribution in [0.5, 0.6) is 0 Å². The number of ether oxygens (including phenoxy) is 1. The minimum absolute atomic E-state index is 0.0491. The fraction of sp³-hybridized carbons (Fsp3) is 0.278. The molecule has 30 heavy (non-hydrogen) atoms. The molecule has 1 aromatic carbocycles. The summed E-state index contributed by atoms with van der Waals surface area (Å²) in [6, 6.07) is 3.72. The molecule has 1 heterocycles.